The molecule has 1 aromatic carbocycles. The Morgan fingerprint density at radius 3 is 2.65 bits per heavy atom. The minimum atomic E-state index is 0.224. The maximum Gasteiger partial charge on any atom is 0.0587 e. The fraction of sp³-hybridized carbons (Fsp3) is 0.600. The summed E-state index contributed by atoms with van der Waals surface area (Å²) in [6, 6.07) is 11.3. The van der Waals surface area contributed by atoms with Gasteiger partial charge in [-0.3, -0.25) is 0 Å². The van der Waals surface area contributed by atoms with E-state index in [9.17, 15) is 5.11 Å². The monoisotopic (exact) mass is 231 g/mol. The molecular weight excluding hydrogens is 210 g/mol. The Morgan fingerprint density at radius 1 is 1.24 bits per heavy atom. The van der Waals surface area contributed by atoms with Gasteiger partial charge in [0, 0.05) is 12.1 Å². The molecule has 2 heteroatoms. The van der Waals surface area contributed by atoms with E-state index in [4.69, 9.17) is 0 Å². The largest absolute Gasteiger partial charge is 0.395 e. The lowest BCUT2D eigenvalue weighted by Crippen LogP contribution is -2.42. The number of nitrogens with one attached hydrogen (secondary N) is 1. The number of hydrogen-bond donors (Lipinski definition) is 2. The van der Waals surface area contributed by atoms with E-state index in [0.29, 0.717) is 6.04 Å². The third-order valence-electron chi connectivity index (χ3n) is 4.34. The van der Waals surface area contributed by atoms with Crippen molar-refractivity contribution in [3.05, 3.63) is 35.9 Å². The molecule has 4 atom stereocenters. The van der Waals surface area contributed by atoms with Crippen molar-refractivity contribution in [2.75, 3.05) is 6.61 Å². The topological polar surface area (TPSA) is 32.3 Å². The van der Waals surface area contributed by atoms with Gasteiger partial charge in [-0.2, -0.15) is 0 Å². The van der Waals surface area contributed by atoms with Crippen LogP contribution in [0.5, 0.6) is 0 Å². The van der Waals surface area contributed by atoms with E-state index in [-0.39, 0.29) is 12.6 Å². The third kappa shape index (κ3) is 2.53. The van der Waals surface area contributed by atoms with Crippen LogP contribution >= 0.6 is 0 Å². The zero-order valence-corrected chi connectivity index (χ0v) is 10.2. The van der Waals surface area contributed by atoms with Crippen LogP contribution in [0.15, 0.2) is 30.3 Å². The highest BCUT2D eigenvalue weighted by molar-refractivity contribution is 5.16. The maximum atomic E-state index is 9.49. The van der Waals surface area contributed by atoms with Crippen LogP contribution in [-0.4, -0.2) is 23.8 Å². The number of benzene rings is 1. The molecule has 2 fully saturated rings. The summed E-state index contributed by atoms with van der Waals surface area (Å²) in [7, 11) is 0. The molecule has 2 N–H and O–H groups in total. The van der Waals surface area contributed by atoms with Crippen LogP contribution in [-0.2, 0) is 6.42 Å². The predicted molar refractivity (Wildman–Crippen MR) is 68.8 cm³/mol. The Kier molecular flexibility index (Phi) is 3.17. The van der Waals surface area contributed by atoms with Crippen molar-refractivity contribution in [3.8, 4) is 0 Å². The SMILES string of the molecule is OC[C@@H](Cc1ccccc1)NC1CCC2CC21. The van der Waals surface area contributed by atoms with Crippen LogP contribution in [0.2, 0.25) is 0 Å². The number of aliphatic hydroxyl groups is 1. The van der Waals surface area contributed by atoms with Crippen molar-refractivity contribution in [2.45, 2.75) is 37.8 Å². The van der Waals surface area contributed by atoms with Gasteiger partial charge in [0.05, 0.1) is 6.61 Å². The normalized spacial score (nSPS) is 32.2. The van der Waals surface area contributed by atoms with Gasteiger partial charge in [0.2, 0.25) is 0 Å². The summed E-state index contributed by atoms with van der Waals surface area (Å²) >= 11 is 0. The van der Waals surface area contributed by atoms with Crippen LogP contribution in [0.3, 0.4) is 0 Å². The highest BCUT2D eigenvalue weighted by atomic mass is 16.3. The second-order valence-corrected chi connectivity index (χ2v) is 5.58. The lowest BCUT2D eigenvalue weighted by Gasteiger charge is -2.22. The summed E-state index contributed by atoms with van der Waals surface area (Å²) in [5.41, 5.74) is 1.31. The van der Waals surface area contributed by atoms with Crippen molar-refractivity contribution in [3.63, 3.8) is 0 Å². The Hall–Kier alpha value is -0.860. The van der Waals surface area contributed by atoms with Crippen molar-refractivity contribution >= 4 is 0 Å². The Morgan fingerprint density at radius 2 is 2.06 bits per heavy atom. The number of fused-ring (bicyclic) bond motifs is 1. The highest BCUT2D eigenvalue weighted by Gasteiger charge is 2.48. The quantitative estimate of drug-likeness (QED) is 0.812. The van der Waals surface area contributed by atoms with Crippen molar-refractivity contribution in [1.82, 2.24) is 5.32 Å². The van der Waals surface area contributed by atoms with Gasteiger partial charge in [0.1, 0.15) is 0 Å². The Balaban J connectivity index is 1.56. The maximum absolute atomic E-state index is 9.49. The molecule has 0 radical (unpaired) electrons. The molecule has 2 aliphatic carbocycles. The average molecular weight is 231 g/mol. The van der Waals surface area contributed by atoms with E-state index < -0.39 is 0 Å². The van der Waals surface area contributed by atoms with E-state index in [0.717, 1.165) is 18.3 Å². The van der Waals surface area contributed by atoms with Gasteiger partial charge in [0.15, 0.2) is 0 Å². The lowest BCUT2D eigenvalue weighted by atomic mass is 10.0. The molecule has 0 aliphatic heterocycles. The van der Waals surface area contributed by atoms with E-state index in [1.54, 1.807) is 0 Å². The summed E-state index contributed by atoms with van der Waals surface area (Å²) in [5, 5.41) is 13.1. The molecule has 0 bridgehead atoms. The fourth-order valence-corrected chi connectivity index (χ4v) is 3.29. The van der Waals surface area contributed by atoms with E-state index >= 15 is 0 Å². The molecule has 1 aromatic rings. The van der Waals surface area contributed by atoms with Gasteiger partial charge in [0.25, 0.3) is 0 Å². The Labute approximate surface area is 103 Å². The molecule has 2 saturated carbocycles. The second kappa shape index (κ2) is 4.79. The smallest absolute Gasteiger partial charge is 0.0587 e. The minimum Gasteiger partial charge on any atom is -0.395 e. The minimum absolute atomic E-state index is 0.224. The van der Waals surface area contributed by atoms with Gasteiger partial charge in [-0.1, -0.05) is 30.3 Å². The second-order valence-electron chi connectivity index (χ2n) is 5.58. The molecule has 3 rings (SSSR count). The highest BCUT2D eigenvalue weighted by Crippen LogP contribution is 2.51. The van der Waals surface area contributed by atoms with Crippen LogP contribution in [0.25, 0.3) is 0 Å². The first-order valence-electron chi connectivity index (χ1n) is 6.77. The van der Waals surface area contributed by atoms with Crippen molar-refractivity contribution in [1.29, 1.82) is 0 Å². The van der Waals surface area contributed by atoms with Crippen LogP contribution in [0.4, 0.5) is 0 Å². The molecule has 0 heterocycles. The lowest BCUT2D eigenvalue weighted by molar-refractivity contribution is 0.226. The summed E-state index contributed by atoms with van der Waals surface area (Å²) in [6.45, 7) is 0.239. The van der Waals surface area contributed by atoms with Gasteiger partial charge in [-0.25, -0.2) is 0 Å². The Bertz CT molecular complexity index is 364. The van der Waals surface area contributed by atoms with Crippen molar-refractivity contribution < 1.29 is 5.11 Å². The molecule has 0 saturated heterocycles. The van der Waals surface area contributed by atoms with Gasteiger partial charge < -0.3 is 10.4 Å². The standard InChI is InChI=1S/C15H21NO/c17-10-13(8-11-4-2-1-3-5-11)16-15-7-6-12-9-14(12)15/h1-5,12-17H,6-10H2/t12?,13-,14?,15?/m1/s1. The molecule has 0 amide bonds. The molecule has 92 valence electrons. The first-order valence-corrected chi connectivity index (χ1v) is 6.77. The predicted octanol–water partition coefficient (Wildman–Crippen LogP) is 1.98. The number of rotatable bonds is 5. The van der Waals surface area contributed by atoms with Gasteiger partial charge in [-0.15, -0.1) is 0 Å². The summed E-state index contributed by atoms with van der Waals surface area (Å²) in [4.78, 5) is 0. The van der Waals surface area contributed by atoms with E-state index in [2.05, 4.69) is 29.6 Å². The molecule has 3 unspecified atom stereocenters. The molecule has 0 aromatic heterocycles. The van der Waals surface area contributed by atoms with E-state index in [1.807, 2.05) is 6.07 Å². The van der Waals surface area contributed by atoms with Gasteiger partial charge in [-0.05, 0) is 43.1 Å². The van der Waals surface area contributed by atoms with E-state index in [1.165, 1.54) is 24.8 Å². The van der Waals surface area contributed by atoms with Gasteiger partial charge >= 0.3 is 0 Å². The molecule has 2 aliphatic rings. The zero-order valence-electron chi connectivity index (χ0n) is 10.2. The number of aliphatic hydroxyl groups excluding tert-OH is 1. The van der Waals surface area contributed by atoms with Crippen LogP contribution in [0, 0.1) is 11.8 Å². The molecule has 17 heavy (non-hydrogen) atoms. The van der Waals surface area contributed by atoms with Crippen molar-refractivity contribution in [2.24, 2.45) is 11.8 Å². The average Bonchev–Trinajstić information content (AvgIpc) is 3.06. The van der Waals surface area contributed by atoms with Crippen LogP contribution < -0.4 is 5.32 Å². The fourth-order valence-electron chi connectivity index (χ4n) is 3.29. The third-order valence-corrected chi connectivity index (χ3v) is 4.34. The molecule has 0 spiro atoms. The summed E-state index contributed by atoms with van der Waals surface area (Å²) < 4.78 is 0. The summed E-state index contributed by atoms with van der Waals surface area (Å²) in [6.07, 6.45) is 5.05. The first kappa shape index (κ1) is 11.2. The molecular formula is C15H21NO. The number of hydrogen-bond acceptors (Lipinski definition) is 2. The zero-order chi connectivity index (χ0) is 11.7. The molecule has 2 nitrogen and oxygen atoms in total. The first-order chi connectivity index (χ1) is 8.36. The summed E-state index contributed by atoms with van der Waals surface area (Å²) in [5.74, 6) is 1.92. The van der Waals surface area contributed by atoms with Crippen LogP contribution in [0.1, 0.15) is 24.8 Å².